The highest BCUT2D eigenvalue weighted by Crippen LogP contribution is 2.71. The van der Waals surface area contributed by atoms with Crippen LogP contribution in [0.15, 0.2) is 12.2 Å². The first-order valence-electron chi connectivity index (χ1n) is 7.48. The Morgan fingerprint density at radius 3 is 2.00 bits per heavy atom. The molecule has 2 atom stereocenters. The van der Waals surface area contributed by atoms with E-state index in [1.807, 2.05) is 0 Å². The molecular weight excluding hydrogens is 236 g/mol. The van der Waals surface area contributed by atoms with Gasteiger partial charge in [0.15, 0.2) is 5.78 Å². The van der Waals surface area contributed by atoms with Gasteiger partial charge in [-0.15, -0.1) is 0 Å². The van der Waals surface area contributed by atoms with Crippen molar-refractivity contribution in [1.29, 1.82) is 0 Å². The van der Waals surface area contributed by atoms with Gasteiger partial charge >= 0.3 is 0 Å². The monoisotopic (exact) mass is 262 g/mol. The lowest BCUT2D eigenvalue weighted by Crippen LogP contribution is -2.63. The Bertz CT molecular complexity index is 408. The van der Waals surface area contributed by atoms with Gasteiger partial charge in [-0.05, 0) is 67.3 Å². The number of Topliss-reactive ketones (excluding diaryl/α,β-unsaturated/α-hetero) is 1. The highest BCUT2D eigenvalue weighted by atomic mass is 16.3. The van der Waals surface area contributed by atoms with Gasteiger partial charge in [0, 0.05) is 6.42 Å². The zero-order chi connectivity index (χ0) is 14.1. The molecule has 0 radical (unpaired) electrons. The molecule has 1 N–H and O–H groups in total. The van der Waals surface area contributed by atoms with Gasteiger partial charge < -0.3 is 5.11 Å². The van der Waals surface area contributed by atoms with Gasteiger partial charge in [0.05, 0.1) is 5.60 Å². The van der Waals surface area contributed by atoms with Gasteiger partial charge in [0.25, 0.3) is 0 Å². The zero-order valence-electron chi connectivity index (χ0n) is 12.5. The third-order valence-corrected chi connectivity index (χ3v) is 5.68. The van der Waals surface area contributed by atoms with Crippen LogP contribution in [0.3, 0.4) is 0 Å². The van der Waals surface area contributed by atoms with E-state index >= 15 is 0 Å². The van der Waals surface area contributed by atoms with E-state index in [0.29, 0.717) is 12.0 Å². The first-order chi connectivity index (χ1) is 8.57. The average Bonchev–Trinajstić information content (AvgIpc) is 2.07. The van der Waals surface area contributed by atoms with Crippen LogP contribution >= 0.6 is 0 Å². The summed E-state index contributed by atoms with van der Waals surface area (Å²) < 4.78 is 0. The first-order valence-corrected chi connectivity index (χ1v) is 7.48. The number of aliphatic hydroxyl groups is 1. The molecule has 0 aliphatic heterocycles. The van der Waals surface area contributed by atoms with Crippen molar-refractivity contribution < 1.29 is 9.90 Å². The molecule has 4 aliphatic rings. The van der Waals surface area contributed by atoms with E-state index in [4.69, 9.17) is 0 Å². The van der Waals surface area contributed by atoms with Crippen LogP contribution in [-0.4, -0.2) is 16.5 Å². The first kappa shape index (κ1) is 13.4. The predicted octanol–water partition coefficient (Wildman–Crippen LogP) is 3.63. The maximum absolute atomic E-state index is 12.2. The molecule has 0 spiro atoms. The molecule has 0 aromatic rings. The highest BCUT2D eigenvalue weighted by molar-refractivity contribution is 5.94. The maximum atomic E-state index is 12.2. The van der Waals surface area contributed by atoms with Crippen LogP contribution in [-0.2, 0) is 4.79 Å². The third-order valence-electron chi connectivity index (χ3n) is 5.68. The molecule has 0 aromatic heterocycles. The fourth-order valence-electron chi connectivity index (χ4n) is 6.56. The summed E-state index contributed by atoms with van der Waals surface area (Å²) in [6, 6.07) is 0. The van der Waals surface area contributed by atoms with Crippen LogP contribution in [0.25, 0.3) is 0 Å². The Balaban J connectivity index is 1.95. The number of allylic oxidation sites excluding steroid dienone is 1. The smallest absolute Gasteiger partial charge is 0.158 e. The SMILES string of the molecule is C=C(C)C(=O)CC12CC3(C)CC(C)(CC(O)(C3)C1)C2. The Morgan fingerprint density at radius 1 is 1.05 bits per heavy atom. The molecule has 4 bridgehead atoms. The van der Waals surface area contributed by atoms with E-state index in [2.05, 4.69) is 20.4 Å². The second-order valence-corrected chi connectivity index (χ2v) is 8.79. The lowest BCUT2D eigenvalue weighted by Gasteiger charge is -2.68. The molecule has 2 heteroatoms. The third kappa shape index (κ3) is 2.08. The van der Waals surface area contributed by atoms with Crippen LogP contribution in [0.5, 0.6) is 0 Å². The fraction of sp³-hybridized carbons (Fsp3) is 0.824. The van der Waals surface area contributed by atoms with E-state index in [1.54, 1.807) is 6.92 Å². The zero-order valence-corrected chi connectivity index (χ0v) is 12.5. The summed E-state index contributed by atoms with van der Waals surface area (Å²) in [5, 5.41) is 10.9. The number of carbonyl (C=O) groups is 1. The summed E-state index contributed by atoms with van der Waals surface area (Å²) in [7, 11) is 0. The van der Waals surface area contributed by atoms with Crippen molar-refractivity contribution in [2.75, 3.05) is 0 Å². The van der Waals surface area contributed by atoms with Crippen LogP contribution in [0.4, 0.5) is 0 Å². The van der Waals surface area contributed by atoms with E-state index in [1.165, 1.54) is 6.42 Å². The summed E-state index contributed by atoms with van der Waals surface area (Å²) in [6.45, 7) is 10.2. The lowest BCUT2D eigenvalue weighted by atomic mass is 9.38. The second kappa shape index (κ2) is 3.52. The molecule has 106 valence electrons. The number of ketones is 1. The number of rotatable bonds is 3. The minimum Gasteiger partial charge on any atom is -0.390 e. The summed E-state index contributed by atoms with van der Waals surface area (Å²) in [6.07, 6.45) is 6.70. The summed E-state index contributed by atoms with van der Waals surface area (Å²) in [4.78, 5) is 12.2. The molecule has 2 nitrogen and oxygen atoms in total. The van der Waals surface area contributed by atoms with Gasteiger partial charge in [-0.2, -0.15) is 0 Å². The quantitative estimate of drug-likeness (QED) is 0.789. The number of hydrogen-bond acceptors (Lipinski definition) is 2. The van der Waals surface area contributed by atoms with E-state index in [0.717, 1.165) is 32.1 Å². The summed E-state index contributed by atoms with van der Waals surface area (Å²) in [5.74, 6) is 0.192. The van der Waals surface area contributed by atoms with Crippen molar-refractivity contribution in [3.05, 3.63) is 12.2 Å². The summed E-state index contributed by atoms with van der Waals surface area (Å²) >= 11 is 0. The van der Waals surface area contributed by atoms with Crippen molar-refractivity contribution in [3.63, 3.8) is 0 Å². The molecule has 0 aromatic carbocycles. The molecule has 4 fully saturated rings. The van der Waals surface area contributed by atoms with Crippen molar-refractivity contribution in [2.24, 2.45) is 16.2 Å². The van der Waals surface area contributed by atoms with Gasteiger partial charge in [-0.3, -0.25) is 4.79 Å². The normalized spacial score (nSPS) is 51.4. The number of carbonyl (C=O) groups excluding carboxylic acids is 1. The molecule has 0 heterocycles. The minimum absolute atomic E-state index is 0.0308. The van der Waals surface area contributed by atoms with Crippen LogP contribution < -0.4 is 0 Å². The molecule has 2 unspecified atom stereocenters. The number of hydrogen-bond donors (Lipinski definition) is 1. The van der Waals surface area contributed by atoms with Gasteiger partial charge in [0.2, 0.25) is 0 Å². The molecule has 0 amide bonds. The minimum atomic E-state index is -0.520. The molecule has 4 aliphatic carbocycles. The summed E-state index contributed by atoms with van der Waals surface area (Å²) in [5.41, 5.74) is 0.635. The predicted molar refractivity (Wildman–Crippen MR) is 75.7 cm³/mol. The van der Waals surface area contributed by atoms with Crippen molar-refractivity contribution in [3.8, 4) is 0 Å². The van der Waals surface area contributed by atoms with Crippen molar-refractivity contribution in [2.45, 2.75) is 71.3 Å². The second-order valence-electron chi connectivity index (χ2n) is 8.79. The molecule has 4 rings (SSSR count). The molecule has 19 heavy (non-hydrogen) atoms. The highest BCUT2D eigenvalue weighted by Gasteiger charge is 2.65. The molecule has 4 saturated carbocycles. The maximum Gasteiger partial charge on any atom is 0.158 e. The largest absolute Gasteiger partial charge is 0.390 e. The Hall–Kier alpha value is -0.630. The standard InChI is InChI=1S/C17H26O2/c1-12(2)13(18)5-16-7-14(3)6-15(4,8-16)10-17(19,9-14)11-16/h19H,1,5-11H2,2-4H3. The van der Waals surface area contributed by atoms with E-state index in [-0.39, 0.29) is 22.0 Å². The molecule has 0 saturated heterocycles. The van der Waals surface area contributed by atoms with Crippen molar-refractivity contribution in [1.82, 2.24) is 0 Å². The van der Waals surface area contributed by atoms with E-state index < -0.39 is 5.60 Å². The van der Waals surface area contributed by atoms with Gasteiger partial charge in [-0.25, -0.2) is 0 Å². The lowest BCUT2D eigenvalue weighted by molar-refractivity contribution is -0.225. The fourth-order valence-corrected chi connectivity index (χ4v) is 6.56. The van der Waals surface area contributed by atoms with Gasteiger partial charge in [0.1, 0.15) is 0 Å². The average molecular weight is 262 g/mol. The Labute approximate surface area is 116 Å². The Morgan fingerprint density at radius 2 is 1.58 bits per heavy atom. The Kier molecular flexibility index (Phi) is 2.47. The van der Waals surface area contributed by atoms with Crippen molar-refractivity contribution >= 4 is 5.78 Å². The van der Waals surface area contributed by atoms with Crippen LogP contribution in [0.2, 0.25) is 0 Å². The van der Waals surface area contributed by atoms with Crippen LogP contribution in [0, 0.1) is 16.2 Å². The van der Waals surface area contributed by atoms with Crippen LogP contribution in [0.1, 0.15) is 65.7 Å². The van der Waals surface area contributed by atoms with Gasteiger partial charge in [-0.1, -0.05) is 20.4 Å². The topological polar surface area (TPSA) is 37.3 Å². The molecular formula is C17H26O2. The van der Waals surface area contributed by atoms with E-state index in [9.17, 15) is 9.90 Å².